The summed E-state index contributed by atoms with van der Waals surface area (Å²) in [6, 6.07) is 0. The van der Waals surface area contributed by atoms with Crippen LogP contribution >= 0.6 is 0 Å². The molecule has 2 fully saturated rings. The predicted molar refractivity (Wildman–Crippen MR) is 98.3 cm³/mol. The van der Waals surface area contributed by atoms with Gasteiger partial charge in [-0.15, -0.1) is 6.58 Å². The highest BCUT2D eigenvalue weighted by Crippen LogP contribution is 2.11. The van der Waals surface area contributed by atoms with Crippen LogP contribution in [0.5, 0.6) is 0 Å². The summed E-state index contributed by atoms with van der Waals surface area (Å²) in [4.78, 5) is 38.0. The number of nitrogens with zero attached hydrogens (tertiary/aromatic N) is 3. The highest BCUT2D eigenvalue weighted by atomic mass is 28.4. The van der Waals surface area contributed by atoms with Gasteiger partial charge in [0.2, 0.25) is 8.32 Å². The number of rotatable bonds is 10. The van der Waals surface area contributed by atoms with Crippen molar-refractivity contribution in [2.75, 3.05) is 19.8 Å². The molecule has 2 aliphatic heterocycles. The summed E-state index contributed by atoms with van der Waals surface area (Å²) < 4.78 is 18.7. The summed E-state index contributed by atoms with van der Waals surface area (Å²) in [5.41, 5.74) is -0.469. The SMILES string of the molecule is C=C[Si](C)(C)OCC(O)Cn1c(=O)n(CC2CO2)c(=O)n(CC2CO2)c1=O. The number of aliphatic hydroxyl groups excluding tert-OH is 1. The Hall–Kier alpha value is -1.79. The van der Waals surface area contributed by atoms with Crippen molar-refractivity contribution >= 4 is 8.32 Å². The topological polar surface area (TPSA) is 121 Å². The van der Waals surface area contributed by atoms with Crippen molar-refractivity contribution in [3.63, 3.8) is 0 Å². The standard InChI is InChI=1S/C16H25N3O7Si/c1-4-27(2,3)26-8-11(20)5-17-14(21)18(6-12-9-24-12)16(23)19(15(17)22)7-13-10-25-13/h4,11-13,20H,1,5-10H2,2-3H3. The molecule has 150 valence electrons. The molecule has 0 radical (unpaired) electrons. The van der Waals surface area contributed by atoms with Crippen molar-refractivity contribution in [3.05, 3.63) is 43.7 Å². The van der Waals surface area contributed by atoms with Crippen molar-refractivity contribution in [1.29, 1.82) is 0 Å². The van der Waals surface area contributed by atoms with Crippen LogP contribution in [0.2, 0.25) is 13.1 Å². The third-order valence-electron chi connectivity index (χ3n) is 4.50. The van der Waals surface area contributed by atoms with E-state index in [4.69, 9.17) is 13.9 Å². The van der Waals surface area contributed by atoms with Gasteiger partial charge in [-0.05, 0) is 13.1 Å². The normalized spacial score (nSPS) is 22.5. The fourth-order valence-electron chi connectivity index (χ4n) is 2.54. The lowest BCUT2D eigenvalue weighted by Crippen LogP contribution is -2.56. The van der Waals surface area contributed by atoms with Gasteiger partial charge in [-0.2, -0.15) is 0 Å². The Kier molecular flexibility index (Phi) is 5.67. The summed E-state index contributed by atoms with van der Waals surface area (Å²) in [7, 11) is -2.10. The Morgan fingerprint density at radius 1 is 1.11 bits per heavy atom. The molecular weight excluding hydrogens is 374 g/mol. The third-order valence-corrected chi connectivity index (χ3v) is 6.39. The minimum atomic E-state index is -2.10. The lowest BCUT2D eigenvalue weighted by molar-refractivity contribution is 0.0860. The summed E-state index contributed by atoms with van der Waals surface area (Å²) in [5.74, 6) is 0. The monoisotopic (exact) mass is 399 g/mol. The second-order valence-corrected chi connectivity index (χ2v) is 11.3. The molecule has 1 N–H and O–H groups in total. The van der Waals surface area contributed by atoms with Crippen molar-refractivity contribution in [2.45, 2.75) is 51.0 Å². The van der Waals surface area contributed by atoms with Crippen LogP contribution in [0.25, 0.3) is 0 Å². The van der Waals surface area contributed by atoms with Crippen LogP contribution < -0.4 is 17.1 Å². The number of epoxide rings is 2. The number of aromatic nitrogens is 3. The van der Waals surface area contributed by atoms with Crippen LogP contribution in [-0.2, 0) is 33.5 Å². The summed E-state index contributed by atoms with van der Waals surface area (Å²) in [6.45, 7) is 8.32. The summed E-state index contributed by atoms with van der Waals surface area (Å²) in [6.07, 6.45) is -1.49. The second-order valence-electron chi connectivity index (χ2n) is 7.36. The van der Waals surface area contributed by atoms with E-state index in [9.17, 15) is 19.5 Å². The van der Waals surface area contributed by atoms with Gasteiger partial charge in [0.05, 0.1) is 57.8 Å². The van der Waals surface area contributed by atoms with E-state index in [-0.39, 0.29) is 38.4 Å². The highest BCUT2D eigenvalue weighted by Gasteiger charge is 2.30. The zero-order valence-electron chi connectivity index (χ0n) is 15.5. The van der Waals surface area contributed by atoms with E-state index in [1.807, 2.05) is 13.1 Å². The van der Waals surface area contributed by atoms with Crippen molar-refractivity contribution in [1.82, 2.24) is 13.7 Å². The fraction of sp³-hybridized carbons (Fsp3) is 0.688. The molecule has 0 aromatic carbocycles. The molecule has 0 amide bonds. The maximum Gasteiger partial charge on any atom is 0.336 e. The van der Waals surface area contributed by atoms with Gasteiger partial charge in [0.15, 0.2) is 0 Å². The van der Waals surface area contributed by atoms with E-state index < -0.39 is 31.5 Å². The van der Waals surface area contributed by atoms with Gasteiger partial charge in [0.1, 0.15) is 0 Å². The first-order valence-electron chi connectivity index (χ1n) is 8.85. The number of ether oxygens (including phenoxy) is 2. The minimum absolute atomic E-state index is 0.0340. The molecule has 10 nitrogen and oxygen atoms in total. The Morgan fingerprint density at radius 3 is 1.96 bits per heavy atom. The van der Waals surface area contributed by atoms with Crippen LogP contribution in [0, 0.1) is 0 Å². The quantitative estimate of drug-likeness (QED) is 0.367. The zero-order valence-corrected chi connectivity index (χ0v) is 16.5. The molecule has 2 aliphatic rings. The molecule has 3 atom stereocenters. The molecular formula is C16H25N3O7Si. The van der Waals surface area contributed by atoms with Gasteiger partial charge in [-0.25, -0.2) is 28.1 Å². The Morgan fingerprint density at radius 2 is 1.56 bits per heavy atom. The van der Waals surface area contributed by atoms with Gasteiger partial charge >= 0.3 is 17.1 Å². The maximum atomic E-state index is 12.7. The lowest BCUT2D eigenvalue weighted by atomic mass is 10.4. The molecule has 11 heteroatoms. The second kappa shape index (κ2) is 7.68. The first-order chi connectivity index (χ1) is 12.7. The molecule has 0 spiro atoms. The van der Waals surface area contributed by atoms with Crippen molar-refractivity contribution < 1.29 is 19.0 Å². The first kappa shape index (κ1) is 20.0. The molecule has 1 aromatic rings. The maximum absolute atomic E-state index is 12.7. The molecule has 3 unspecified atom stereocenters. The predicted octanol–water partition coefficient (Wildman–Crippen LogP) is -1.72. The smallest absolute Gasteiger partial charge is 0.336 e. The van der Waals surface area contributed by atoms with Crippen LogP contribution in [0.1, 0.15) is 0 Å². The average molecular weight is 399 g/mol. The fourth-order valence-corrected chi connectivity index (χ4v) is 3.28. The van der Waals surface area contributed by atoms with E-state index in [2.05, 4.69) is 6.58 Å². The molecule has 0 bridgehead atoms. The largest absolute Gasteiger partial charge is 0.411 e. The average Bonchev–Trinajstić information content (AvgIpc) is 3.53. The molecule has 27 heavy (non-hydrogen) atoms. The van der Waals surface area contributed by atoms with Crippen LogP contribution in [0.4, 0.5) is 0 Å². The molecule has 0 aliphatic carbocycles. The van der Waals surface area contributed by atoms with Crippen LogP contribution in [-0.4, -0.2) is 65.3 Å². The van der Waals surface area contributed by atoms with Gasteiger partial charge in [-0.1, -0.05) is 5.70 Å². The van der Waals surface area contributed by atoms with E-state index in [1.54, 1.807) is 5.70 Å². The van der Waals surface area contributed by atoms with Gasteiger partial charge in [0, 0.05) is 0 Å². The molecule has 0 saturated carbocycles. The van der Waals surface area contributed by atoms with Crippen molar-refractivity contribution in [2.24, 2.45) is 0 Å². The third kappa shape index (κ3) is 4.93. The Balaban J connectivity index is 1.88. The van der Waals surface area contributed by atoms with Gasteiger partial charge in [0.25, 0.3) is 0 Å². The highest BCUT2D eigenvalue weighted by molar-refractivity contribution is 6.76. The summed E-state index contributed by atoms with van der Waals surface area (Å²) in [5, 5.41) is 10.3. The molecule has 1 aromatic heterocycles. The van der Waals surface area contributed by atoms with Crippen LogP contribution in [0.15, 0.2) is 26.7 Å². The van der Waals surface area contributed by atoms with E-state index in [1.165, 1.54) is 0 Å². The lowest BCUT2D eigenvalue weighted by Gasteiger charge is -2.21. The van der Waals surface area contributed by atoms with Crippen molar-refractivity contribution in [3.8, 4) is 0 Å². The van der Waals surface area contributed by atoms with Gasteiger partial charge in [-0.3, -0.25) is 0 Å². The van der Waals surface area contributed by atoms with E-state index >= 15 is 0 Å². The number of hydrogen-bond acceptors (Lipinski definition) is 7. The Bertz CT molecular complexity index is 827. The number of hydrogen-bond donors (Lipinski definition) is 1. The van der Waals surface area contributed by atoms with Gasteiger partial charge < -0.3 is 19.0 Å². The minimum Gasteiger partial charge on any atom is -0.411 e. The number of aliphatic hydroxyl groups is 1. The molecule has 2 saturated heterocycles. The first-order valence-corrected chi connectivity index (χ1v) is 11.8. The van der Waals surface area contributed by atoms with E-state index in [0.29, 0.717) is 13.2 Å². The Labute approximate surface area is 156 Å². The molecule has 3 heterocycles. The summed E-state index contributed by atoms with van der Waals surface area (Å²) >= 11 is 0. The van der Waals surface area contributed by atoms with Crippen LogP contribution in [0.3, 0.4) is 0 Å². The molecule has 3 rings (SSSR count). The van der Waals surface area contributed by atoms with E-state index in [0.717, 1.165) is 13.7 Å². The zero-order chi connectivity index (χ0) is 19.8.